The van der Waals surface area contributed by atoms with Crippen molar-refractivity contribution in [3.8, 4) is 11.6 Å². The van der Waals surface area contributed by atoms with E-state index in [2.05, 4.69) is 4.98 Å². The van der Waals surface area contributed by atoms with E-state index in [0.717, 1.165) is 6.07 Å². The number of methoxy groups -OCH3 is 2. The van der Waals surface area contributed by atoms with E-state index in [4.69, 9.17) is 9.47 Å². The average Bonchev–Trinajstić information content (AvgIpc) is 2.54. The first-order chi connectivity index (χ1) is 10.6. The Bertz CT molecular complexity index is 715. The summed E-state index contributed by atoms with van der Waals surface area (Å²) in [6.45, 7) is 0. The second-order valence-electron chi connectivity index (χ2n) is 4.43. The lowest BCUT2D eigenvalue weighted by molar-refractivity contribution is 0.0892. The minimum atomic E-state index is -0.653. The lowest BCUT2D eigenvalue weighted by Crippen LogP contribution is -2.10. The van der Waals surface area contributed by atoms with Crippen LogP contribution in [0, 0.1) is 5.82 Å². The molecule has 0 fully saturated rings. The average molecular weight is 303 g/mol. The zero-order valence-electron chi connectivity index (χ0n) is 12.1. The van der Waals surface area contributed by atoms with Gasteiger partial charge in [0.05, 0.1) is 26.2 Å². The van der Waals surface area contributed by atoms with Crippen LogP contribution in [0.3, 0.4) is 0 Å². The van der Waals surface area contributed by atoms with Gasteiger partial charge < -0.3 is 9.47 Å². The van der Waals surface area contributed by atoms with Gasteiger partial charge in [0.2, 0.25) is 5.88 Å². The molecule has 0 unspecified atom stereocenters. The number of aromatic nitrogens is 1. The van der Waals surface area contributed by atoms with Crippen LogP contribution in [0.5, 0.6) is 11.6 Å². The number of Topliss-reactive ketones (excluding diaryl/α,β-unsaturated/α-hetero) is 2. The van der Waals surface area contributed by atoms with E-state index in [0.29, 0.717) is 0 Å². The number of nitrogens with zero attached hydrogens (tertiary/aromatic N) is 1. The summed E-state index contributed by atoms with van der Waals surface area (Å²) < 4.78 is 23.4. The van der Waals surface area contributed by atoms with Crippen LogP contribution in [0.1, 0.15) is 27.1 Å². The molecule has 0 saturated heterocycles. The number of carbonyl (C=O) groups is 2. The van der Waals surface area contributed by atoms with Gasteiger partial charge in [-0.3, -0.25) is 9.59 Å². The molecule has 0 N–H and O–H groups in total. The van der Waals surface area contributed by atoms with Gasteiger partial charge in [-0.25, -0.2) is 9.37 Å². The maximum Gasteiger partial charge on any atom is 0.224 e. The SMILES string of the molecule is COc1ccc(C(=O)CC(=O)c2cccnc2OC)cc1F. The number of ketones is 2. The fraction of sp³-hybridized carbons (Fsp3) is 0.188. The van der Waals surface area contributed by atoms with Crippen molar-refractivity contribution < 1.29 is 23.5 Å². The van der Waals surface area contributed by atoms with Crippen LogP contribution in [-0.4, -0.2) is 30.8 Å². The molecule has 2 rings (SSSR count). The van der Waals surface area contributed by atoms with Crippen molar-refractivity contribution in [2.24, 2.45) is 0 Å². The Hall–Kier alpha value is -2.76. The maximum absolute atomic E-state index is 13.6. The summed E-state index contributed by atoms with van der Waals surface area (Å²) in [5.74, 6) is -1.39. The third-order valence-electron chi connectivity index (χ3n) is 3.06. The van der Waals surface area contributed by atoms with E-state index in [1.54, 1.807) is 6.07 Å². The molecule has 0 aliphatic carbocycles. The number of ether oxygens (including phenoxy) is 2. The molecule has 0 saturated carbocycles. The highest BCUT2D eigenvalue weighted by Gasteiger charge is 2.18. The lowest BCUT2D eigenvalue weighted by atomic mass is 10.0. The Labute approximate surface area is 126 Å². The molecule has 2 aromatic rings. The third kappa shape index (κ3) is 3.28. The molecule has 0 aliphatic heterocycles. The molecule has 1 aromatic carbocycles. The maximum atomic E-state index is 13.6. The Morgan fingerprint density at radius 3 is 2.55 bits per heavy atom. The van der Waals surface area contributed by atoms with Crippen molar-refractivity contribution in [3.05, 3.63) is 53.5 Å². The molecular formula is C16H14FNO4. The van der Waals surface area contributed by atoms with Crippen molar-refractivity contribution in [3.63, 3.8) is 0 Å². The van der Waals surface area contributed by atoms with Gasteiger partial charge in [0.1, 0.15) is 0 Å². The second-order valence-corrected chi connectivity index (χ2v) is 4.43. The number of hydrogen-bond donors (Lipinski definition) is 0. The first-order valence-corrected chi connectivity index (χ1v) is 6.45. The molecule has 0 spiro atoms. The standard InChI is InChI=1S/C16H14FNO4/c1-21-15-6-5-10(8-12(15)17)13(19)9-14(20)11-4-3-7-18-16(11)22-2/h3-8H,9H2,1-2H3. The van der Waals surface area contributed by atoms with Crippen LogP contribution in [0.25, 0.3) is 0 Å². The second kappa shape index (κ2) is 6.80. The molecule has 0 atom stereocenters. The molecule has 0 bridgehead atoms. The largest absolute Gasteiger partial charge is 0.494 e. The summed E-state index contributed by atoms with van der Waals surface area (Å²) >= 11 is 0. The van der Waals surface area contributed by atoms with E-state index >= 15 is 0 Å². The first kappa shape index (κ1) is 15.6. The highest BCUT2D eigenvalue weighted by molar-refractivity contribution is 6.14. The minimum Gasteiger partial charge on any atom is -0.494 e. The van der Waals surface area contributed by atoms with Crippen LogP contribution in [0.15, 0.2) is 36.5 Å². The van der Waals surface area contributed by atoms with Gasteiger partial charge in [0.25, 0.3) is 0 Å². The van der Waals surface area contributed by atoms with Crippen LogP contribution in [-0.2, 0) is 0 Å². The normalized spacial score (nSPS) is 10.1. The van der Waals surface area contributed by atoms with Crippen LogP contribution in [0.2, 0.25) is 0 Å². The molecule has 22 heavy (non-hydrogen) atoms. The molecule has 6 heteroatoms. The van der Waals surface area contributed by atoms with Crippen molar-refractivity contribution >= 4 is 11.6 Å². The van der Waals surface area contributed by atoms with E-state index in [-0.39, 0.29) is 22.8 Å². The van der Waals surface area contributed by atoms with Gasteiger partial charge >= 0.3 is 0 Å². The quantitative estimate of drug-likeness (QED) is 0.606. The van der Waals surface area contributed by atoms with Crippen molar-refractivity contribution in [1.29, 1.82) is 0 Å². The Balaban J connectivity index is 2.18. The molecule has 1 aromatic heterocycles. The predicted molar refractivity (Wildman–Crippen MR) is 77.0 cm³/mol. The highest BCUT2D eigenvalue weighted by Crippen LogP contribution is 2.20. The summed E-state index contributed by atoms with van der Waals surface area (Å²) in [6, 6.07) is 6.91. The molecule has 5 nitrogen and oxygen atoms in total. The highest BCUT2D eigenvalue weighted by atomic mass is 19.1. The smallest absolute Gasteiger partial charge is 0.224 e. The zero-order chi connectivity index (χ0) is 16.1. The van der Waals surface area contributed by atoms with Crippen LogP contribution < -0.4 is 9.47 Å². The van der Waals surface area contributed by atoms with Crippen LogP contribution >= 0.6 is 0 Å². The van der Waals surface area contributed by atoms with Crippen LogP contribution in [0.4, 0.5) is 4.39 Å². The fourth-order valence-electron chi connectivity index (χ4n) is 1.95. The summed E-state index contributed by atoms with van der Waals surface area (Å²) in [5, 5.41) is 0. The fourth-order valence-corrected chi connectivity index (χ4v) is 1.95. The molecule has 0 aliphatic rings. The molecule has 114 valence electrons. The van der Waals surface area contributed by atoms with E-state index in [1.165, 1.54) is 38.6 Å². The molecule has 0 radical (unpaired) electrons. The van der Waals surface area contributed by atoms with Crippen molar-refractivity contribution in [2.75, 3.05) is 14.2 Å². The minimum absolute atomic E-state index is 0.0387. The topological polar surface area (TPSA) is 65.5 Å². The number of pyridine rings is 1. The molecule has 1 heterocycles. The Morgan fingerprint density at radius 1 is 1.14 bits per heavy atom. The van der Waals surface area contributed by atoms with E-state index in [1.807, 2.05) is 0 Å². The number of carbonyl (C=O) groups excluding carboxylic acids is 2. The van der Waals surface area contributed by atoms with Gasteiger partial charge in [-0.15, -0.1) is 0 Å². The summed E-state index contributed by atoms with van der Waals surface area (Å²) in [4.78, 5) is 28.2. The van der Waals surface area contributed by atoms with Gasteiger partial charge in [-0.05, 0) is 30.3 Å². The van der Waals surface area contributed by atoms with Gasteiger partial charge in [-0.2, -0.15) is 0 Å². The van der Waals surface area contributed by atoms with Gasteiger partial charge in [-0.1, -0.05) is 0 Å². The number of rotatable bonds is 6. The Kier molecular flexibility index (Phi) is 4.83. The van der Waals surface area contributed by atoms with Crippen molar-refractivity contribution in [1.82, 2.24) is 4.98 Å². The lowest BCUT2D eigenvalue weighted by Gasteiger charge is -2.06. The van der Waals surface area contributed by atoms with E-state index in [9.17, 15) is 14.0 Å². The number of halogens is 1. The van der Waals surface area contributed by atoms with Crippen molar-refractivity contribution in [2.45, 2.75) is 6.42 Å². The zero-order valence-corrected chi connectivity index (χ0v) is 12.1. The first-order valence-electron chi connectivity index (χ1n) is 6.45. The van der Waals surface area contributed by atoms with Gasteiger partial charge in [0, 0.05) is 11.8 Å². The van der Waals surface area contributed by atoms with Gasteiger partial charge in [0.15, 0.2) is 23.1 Å². The summed E-state index contributed by atoms with van der Waals surface area (Å²) in [5.41, 5.74) is 0.321. The Morgan fingerprint density at radius 2 is 1.91 bits per heavy atom. The summed E-state index contributed by atoms with van der Waals surface area (Å²) in [7, 11) is 2.72. The number of benzene rings is 1. The monoisotopic (exact) mass is 303 g/mol. The molecule has 0 amide bonds. The molecular weight excluding hydrogens is 289 g/mol. The predicted octanol–water partition coefficient (Wildman–Crippen LogP) is 2.69. The van der Waals surface area contributed by atoms with E-state index < -0.39 is 23.8 Å². The summed E-state index contributed by atoms with van der Waals surface area (Å²) in [6.07, 6.45) is 1.09. The third-order valence-corrected chi connectivity index (χ3v) is 3.06. The number of hydrogen-bond acceptors (Lipinski definition) is 5.